The standard InChI is InChI=1S/C9H13ClN2O2.ClH/c1-12-4-2-7(3-5-12)14-9-8(10)6-13-11-9;/h6-7H,2-5H2,1H3;1H. The first kappa shape index (κ1) is 12.6. The normalized spacial score (nSPS) is 18.5. The molecule has 1 aromatic rings. The summed E-state index contributed by atoms with van der Waals surface area (Å²) in [7, 11) is 2.11. The van der Waals surface area contributed by atoms with E-state index in [2.05, 4.69) is 17.1 Å². The molecule has 0 spiro atoms. The van der Waals surface area contributed by atoms with Crippen molar-refractivity contribution in [2.75, 3.05) is 20.1 Å². The van der Waals surface area contributed by atoms with Crippen LogP contribution in [0.25, 0.3) is 0 Å². The van der Waals surface area contributed by atoms with Crippen LogP contribution in [-0.2, 0) is 0 Å². The topological polar surface area (TPSA) is 38.5 Å². The zero-order valence-electron chi connectivity index (χ0n) is 8.48. The van der Waals surface area contributed by atoms with Gasteiger partial charge in [0, 0.05) is 13.1 Å². The number of halogens is 2. The van der Waals surface area contributed by atoms with E-state index >= 15 is 0 Å². The fourth-order valence-electron chi connectivity index (χ4n) is 1.55. The smallest absolute Gasteiger partial charge is 0.273 e. The highest BCUT2D eigenvalue weighted by Gasteiger charge is 2.20. The number of piperidine rings is 1. The maximum atomic E-state index is 5.80. The van der Waals surface area contributed by atoms with E-state index in [1.165, 1.54) is 6.26 Å². The second-order valence-electron chi connectivity index (χ2n) is 3.59. The Morgan fingerprint density at radius 1 is 1.53 bits per heavy atom. The second-order valence-corrected chi connectivity index (χ2v) is 4.00. The Labute approximate surface area is 99.9 Å². The fourth-order valence-corrected chi connectivity index (χ4v) is 1.67. The van der Waals surface area contributed by atoms with E-state index < -0.39 is 0 Å². The van der Waals surface area contributed by atoms with Crippen LogP contribution in [-0.4, -0.2) is 36.3 Å². The molecule has 0 saturated carbocycles. The van der Waals surface area contributed by atoms with Crippen molar-refractivity contribution in [2.45, 2.75) is 18.9 Å². The molecule has 6 heteroatoms. The summed E-state index contributed by atoms with van der Waals surface area (Å²) in [5.41, 5.74) is 0. The quantitative estimate of drug-likeness (QED) is 0.810. The van der Waals surface area contributed by atoms with Crippen LogP contribution in [0.3, 0.4) is 0 Å². The van der Waals surface area contributed by atoms with E-state index in [-0.39, 0.29) is 18.5 Å². The van der Waals surface area contributed by atoms with E-state index in [9.17, 15) is 0 Å². The molecule has 86 valence electrons. The van der Waals surface area contributed by atoms with Gasteiger partial charge in [-0.15, -0.1) is 12.4 Å². The summed E-state index contributed by atoms with van der Waals surface area (Å²) < 4.78 is 10.3. The van der Waals surface area contributed by atoms with Gasteiger partial charge in [-0.25, -0.2) is 0 Å². The van der Waals surface area contributed by atoms with E-state index in [4.69, 9.17) is 20.9 Å². The van der Waals surface area contributed by atoms with Crippen molar-refractivity contribution in [1.82, 2.24) is 10.1 Å². The lowest BCUT2D eigenvalue weighted by Gasteiger charge is -2.28. The first-order valence-electron chi connectivity index (χ1n) is 4.71. The van der Waals surface area contributed by atoms with Crippen molar-refractivity contribution in [3.63, 3.8) is 0 Å². The van der Waals surface area contributed by atoms with Gasteiger partial charge in [0.2, 0.25) is 0 Å². The maximum Gasteiger partial charge on any atom is 0.273 e. The van der Waals surface area contributed by atoms with Gasteiger partial charge in [-0.2, -0.15) is 0 Å². The van der Waals surface area contributed by atoms with Crippen molar-refractivity contribution in [1.29, 1.82) is 0 Å². The van der Waals surface area contributed by atoms with Crippen LogP contribution in [0.4, 0.5) is 0 Å². The molecule has 2 heterocycles. The van der Waals surface area contributed by atoms with Crippen LogP contribution in [0.5, 0.6) is 5.88 Å². The van der Waals surface area contributed by atoms with Gasteiger partial charge >= 0.3 is 0 Å². The molecule has 1 aliphatic rings. The second kappa shape index (κ2) is 5.58. The van der Waals surface area contributed by atoms with Gasteiger partial charge in [0.05, 0.1) is 0 Å². The summed E-state index contributed by atoms with van der Waals surface area (Å²) >= 11 is 5.80. The first-order chi connectivity index (χ1) is 6.75. The van der Waals surface area contributed by atoms with Gasteiger partial charge in [0.25, 0.3) is 5.88 Å². The highest BCUT2D eigenvalue weighted by atomic mass is 35.5. The molecule has 2 rings (SSSR count). The Kier molecular flexibility index (Phi) is 4.70. The van der Waals surface area contributed by atoms with Crippen LogP contribution >= 0.6 is 24.0 Å². The van der Waals surface area contributed by atoms with Gasteiger partial charge < -0.3 is 14.2 Å². The third-order valence-corrected chi connectivity index (χ3v) is 2.69. The minimum atomic E-state index is 0. The molecule has 0 amide bonds. The number of aromatic nitrogens is 1. The number of rotatable bonds is 2. The molecule has 1 saturated heterocycles. The van der Waals surface area contributed by atoms with E-state index in [0.717, 1.165) is 25.9 Å². The molecule has 0 aromatic carbocycles. The van der Waals surface area contributed by atoms with E-state index in [0.29, 0.717) is 10.9 Å². The highest BCUT2D eigenvalue weighted by molar-refractivity contribution is 6.31. The molecule has 0 bridgehead atoms. The highest BCUT2D eigenvalue weighted by Crippen LogP contribution is 2.24. The van der Waals surface area contributed by atoms with Crippen molar-refractivity contribution in [3.8, 4) is 5.88 Å². The van der Waals surface area contributed by atoms with Gasteiger partial charge in [0.15, 0.2) is 0 Å². The molecule has 1 fully saturated rings. The largest absolute Gasteiger partial charge is 0.471 e. The molecule has 15 heavy (non-hydrogen) atoms. The van der Waals surface area contributed by atoms with Crippen LogP contribution in [0, 0.1) is 0 Å². The Morgan fingerprint density at radius 2 is 2.20 bits per heavy atom. The Bertz CT molecular complexity index is 298. The molecular weight excluding hydrogens is 239 g/mol. The van der Waals surface area contributed by atoms with Gasteiger partial charge in [-0.1, -0.05) is 11.6 Å². The summed E-state index contributed by atoms with van der Waals surface area (Å²) in [4.78, 5) is 2.28. The lowest BCUT2D eigenvalue weighted by Crippen LogP contribution is -2.35. The number of hydrogen-bond donors (Lipinski definition) is 0. The van der Waals surface area contributed by atoms with Crippen molar-refractivity contribution in [2.24, 2.45) is 0 Å². The molecular formula is C9H14Cl2N2O2. The SMILES string of the molecule is CN1CCC(Oc2nocc2Cl)CC1.Cl. The predicted molar refractivity (Wildman–Crippen MR) is 59.9 cm³/mol. The third kappa shape index (κ3) is 3.26. The lowest BCUT2D eigenvalue weighted by atomic mass is 10.1. The molecule has 0 radical (unpaired) electrons. The average Bonchev–Trinajstić information content (AvgIpc) is 2.56. The Morgan fingerprint density at radius 3 is 2.73 bits per heavy atom. The summed E-state index contributed by atoms with van der Waals surface area (Å²) in [6.07, 6.45) is 3.62. The van der Waals surface area contributed by atoms with Crippen molar-refractivity contribution in [3.05, 3.63) is 11.3 Å². The van der Waals surface area contributed by atoms with Crippen LogP contribution in [0.15, 0.2) is 10.8 Å². The van der Waals surface area contributed by atoms with Crippen molar-refractivity contribution < 1.29 is 9.26 Å². The lowest BCUT2D eigenvalue weighted by molar-refractivity contribution is 0.106. The summed E-state index contributed by atoms with van der Waals surface area (Å²) in [6.45, 7) is 2.11. The number of hydrogen-bond acceptors (Lipinski definition) is 4. The van der Waals surface area contributed by atoms with Crippen LogP contribution < -0.4 is 4.74 Å². The maximum absolute atomic E-state index is 5.80. The minimum absolute atomic E-state index is 0. The zero-order valence-corrected chi connectivity index (χ0v) is 10.1. The molecule has 1 aromatic heterocycles. The van der Waals surface area contributed by atoms with Crippen LogP contribution in [0.2, 0.25) is 5.02 Å². The molecule has 1 aliphatic heterocycles. The molecule has 0 atom stereocenters. The Balaban J connectivity index is 0.00000112. The first-order valence-corrected chi connectivity index (χ1v) is 5.08. The Hall–Kier alpha value is -0.450. The van der Waals surface area contributed by atoms with Gasteiger partial charge in [-0.3, -0.25) is 0 Å². The van der Waals surface area contributed by atoms with Gasteiger partial charge in [-0.05, 0) is 25.0 Å². The van der Waals surface area contributed by atoms with Gasteiger partial charge in [0.1, 0.15) is 17.4 Å². The molecule has 4 nitrogen and oxygen atoms in total. The van der Waals surface area contributed by atoms with Crippen LogP contribution in [0.1, 0.15) is 12.8 Å². The summed E-state index contributed by atoms with van der Waals surface area (Å²) in [6, 6.07) is 0. The number of nitrogens with zero attached hydrogens (tertiary/aromatic N) is 2. The summed E-state index contributed by atoms with van der Waals surface area (Å²) in [5, 5.41) is 4.13. The monoisotopic (exact) mass is 252 g/mol. The van der Waals surface area contributed by atoms with E-state index in [1.54, 1.807) is 0 Å². The van der Waals surface area contributed by atoms with E-state index in [1.807, 2.05) is 0 Å². The average molecular weight is 253 g/mol. The zero-order chi connectivity index (χ0) is 9.97. The fraction of sp³-hybridized carbons (Fsp3) is 0.667. The third-order valence-electron chi connectivity index (χ3n) is 2.44. The number of likely N-dealkylation sites (tertiary alicyclic amines) is 1. The predicted octanol–water partition coefficient (Wildman–Crippen LogP) is 2.22. The number of ether oxygens (including phenoxy) is 1. The molecule has 0 unspecified atom stereocenters. The molecule has 0 N–H and O–H groups in total. The van der Waals surface area contributed by atoms with Crippen molar-refractivity contribution >= 4 is 24.0 Å². The molecule has 0 aliphatic carbocycles. The minimum Gasteiger partial charge on any atom is -0.471 e. The summed E-state index contributed by atoms with van der Waals surface area (Å²) in [5.74, 6) is 0.418.